The molecule has 1 heterocycles. The summed E-state index contributed by atoms with van der Waals surface area (Å²) >= 11 is 0. The fourth-order valence-corrected chi connectivity index (χ4v) is 2.26. The van der Waals surface area contributed by atoms with Crippen molar-refractivity contribution >= 4 is 22.3 Å². The van der Waals surface area contributed by atoms with E-state index < -0.39 is 0 Å². The van der Waals surface area contributed by atoms with E-state index in [1.807, 2.05) is 25.1 Å². The SMILES string of the molecule is COCCN(C)CCNc1cc(C)nc2ccc(N)cc12. The van der Waals surface area contributed by atoms with E-state index in [4.69, 9.17) is 10.5 Å². The van der Waals surface area contributed by atoms with Crippen LogP contribution in [0.5, 0.6) is 0 Å². The Hall–Kier alpha value is -1.85. The monoisotopic (exact) mass is 288 g/mol. The van der Waals surface area contributed by atoms with Crippen LogP contribution >= 0.6 is 0 Å². The summed E-state index contributed by atoms with van der Waals surface area (Å²) in [6.45, 7) is 5.51. The van der Waals surface area contributed by atoms with Crippen LogP contribution in [0.1, 0.15) is 5.69 Å². The van der Waals surface area contributed by atoms with E-state index in [1.165, 1.54) is 0 Å². The fourth-order valence-electron chi connectivity index (χ4n) is 2.26. The van der Waals surface area contributed by atoms with Gasteiger partial charge in [-0.2, -0.15) is 0 Å². The van der Waals surface area contributed by atoms with Gasteiger partial charge in [-0.3, -0.25) is 4.98 Å². The van der Waals surface area contributed by atoms with Gasteiger partial charge in [0.1, 0.15) is 0 Å². The molecule has 114 valence electrons. The molecule has 2 aromatic rings. The van der Waals surface area contributed by atoms with E-state index in [2.05, 4.69) is 28.3 Å². The standard InChI is InChI=1S/C16H24N4O/c1-12-10-16(18-6-7-20(2)8-9-21-3)14-11-13(17)4-5-15(14)19-12/h4-5,10-11H,6-9,17H2,1-3H3,(H,18,19). The molecule has 5 nitrogen and oxygen atoms in total. The average Bonchev–Trinajstić information content (AvgIpc) is 2.45. The number of benzene rings is 1. The van der Waals surface area contributed by atoms with E-state index in [-0.39, 0.29) is 0 Å². The van der Waals surface area contributed by atoms with E-state index in [0.717, 1.165) is 54.2 Å². The molecule has 0 fully saturated rings. The number of nitrogens with zero attached hydrogens (tertiary/aromatic N) is 2. The highest BCUT2D eigenvalue weighted by molar-refractivity contribution is 5.93. The lowest BCUT2D eigenvalue weighted by Gasteiger charge is -2.17. The quantitative estimate of drug-likeness (QED) is 0.764. The summed E-state index contributed by atoms with van der Waals surface area (Å²) in [5.41, 5.74) is 9.70. The molecule has 1 aromatic heterocycles. The Labute approximate surface area is 126 Å². The first-order chi connectivity index (χ1) is 10.1. The fraction of sp³-hybridized carbons (Fsp3) is 0.438. The largest absolute Gasteiger partial charge is 0.399 e. The number of pyridine rings is 1. The highest BCUT2D eigenvalue weighted by Gasteiger charge is 2.05. The first kappa shape index (κ1) is 15.5. The average molecular weight is 288 g/mol. The van der Waals surface area contributed by atoms with Crippen molar-refractivity contribution in [2.24, 2.45) is 0 Å². The number of rotatable bonds is 7. The number of fused-ring (bicyclic) bond motifs is 1. The van der Waals surface area contributed by atoms with Crippen molar-refractivity contribution in [2.75, 3.05) is 51.4 Å². The van der Waals surface area contributed by atoms with Crippen LogP contribution in [0.25, 0.3) is 10.9 Å². The first-order valence-corrected chi connectivity index (χ1v) is 7.18. The van der Waals surface area contributed by atoms with Crippen molar-refractivity contribution in [3.05, 3.63) is 30.0 Å². The van der Waals surface area contributed by atoms with Crippen molar-refractivity contribution in [3.8, 4) is 0 Å². The van der Waals surface area contributed by atoms with Gasteiger partial charge in [-0.05, 0) is 38.2 Å². The van der Waals surface area contributed by atoms with Gasteiger partial charge >= 0.3 is 0 Å². The number of hydrogen-bond donors (Lipinski definition) is 2. The van der Waals surface area contributed by atoms with Crippen molar-refractivity contribution in [3.63, 3.8) is 0 Å². The van der Waals surface area contributed by atoms with Gasteiger partial charge in [-0.25, -0.2) is 0 Å². The summed E-state index contributed by atoms with van der Waals surface area (Å²) in [5, 5.41) is 4.55. The molecule has 5 heteroatoms. The summed E-state index contributed by atoms with van der Waals surface area (Å²) in [6, 6.07) is 7.89. The number of ether oxygens (including phenoxy) is 1. The number of anilines is 2. The summed E-state index contributed by atoms with van der Waals surface area (Å²) in [7, 11) is 3.82. The van der Waals surface area contributed by atoms with Gasteiger partial charge in [0.05, 0.1) is 12.1 Å². The number of likely N-dealkylation sites (N-methyl/N-ethyl adjacent to an activating group) is 1. The molecule has 0 atom stereocenters. The summed E-state index contributed by atoms with van der Waals surface area (Å²) in [5.74, 6) is 0. The van der Waals surface area contributed by atoms with Gasteiger partial charge < -0.3 is 20.7 Å². The maximum Gasteiger partial charge on any atom is 0.0727 e. The molecule has 0 saturated carbocycles. The lowest BCUT2D eigenvalue weighted by molar-refractivity contribution is 0.163. The minimum Gasteiger partial charge on any atom is -0.399 e. The molecule has 1 aromatic carbocycles. The lowest BCUT2D eigenvalue weighted by atomic mass is 10.1. The zero-order valence-electron chi connectivity index (χ0n) is 13.0. The first-order valence-electron chi connectivity index (χ1n) is 7.18. The molecule has 0 aliphatic heterocycles. The number of aromatic nitrogens is 1. The lowest BCUT2D eigenvalue weighted by Crippen LogP contribution is -2.28. The molecule has 0 spiro atoms. The second-order valence-electron chi connectivity index (χ2n) is 5.31. The molecule has 0 saturated heterocycles. The van der Waals surface area contributed by atoms with Crippen LogP contribution in [0.3, 0.4) is 0 Å². The smallest absolute Gasteiger partial charge is 0.0727 e. The van der Waals surface area contributed by atoms with E-state index in [0.29, 0.717) is 0 Å². The predicted molar refractivity (Wildman–Crippen MR) is 88.8 cm³/mol. The third kappa shape index (κ3) is 4.31. The number of nitrogen functional groups attached to an aromatic ring is 1. The van der Waals surface area contributed by atoms with Gasteiger partial charge in [0.15, 0.2) is 0 Å². The van der Waals surface area contributed by atoms with Crippen molar-refractivity contribution in [1.82, 2.24) is 9.88 Å². The molecule has 0 amide bonds. The number of hydrogen-bond acceptors (Lipinski definition) is 5. The van der Waals surface area contributed by atoms with Crippen LogP contribution in [0, 0.1) is 6.92 Å². The molecular weight excluding hydrogens is 264 g/mol. The van der Waals surface area contributed by atoms with Crippen LogP contribution in [0.2, 0.25) is 0 Å². The molecule has 0 aliphatic rings. The Bertz CT molecular complexity index is 600. The maximum atomic E-state index is 5.88. The number of aryl methyl sites for hydroxylation is 1. The van der Waals surface area contributed by atoms with Gasteiger partial charge in [0.25, 0.3) is 0 Å². The Morgan fingerprint density at radius 3 is 2.86 bits per heavy atom. The Kier molecular flexibility index (Phi) is 5.36. The summed E-state index contributed by atoms with van der Waals surface area (Å²) in [4.78, 5) is 6.78. The summed E-state index contributed by atoms with van der Waals surface area (Å²) in [6.07, 6.45) is 0. The van der Waals surface area contributed by atoms with Crippen LogP contribution < -0.4 is 11.1 Å². The molecule has 21 heavy (non-hydrogen) atoms. The number of nitrogens with one attached hydrogen (secondary N) is 1. The molecular formula is C16H24N4O. The van der Waals surface area contributed by atoms with Gasteiger partial charge in [0.2, 0.25) is 0 Å². The molecule has 2 rings (SSSR count). The zero-order valence-corrected chi connectivity index (χ0v) is 13.0. The Balaban J connectivity index is 2.05. The van der Waals surface area contributed by atoms with E-state index in [1.54, 1.807) is 7.11 Å². The molecule has 0 unspecified atom stereocenters. The topological polar surface area (TPSA) is 63.4 Å². The van der Waals surface area contributed by atoms with Crippen molar-refractivity contribution in [1.29, 1.82) is 0 Å². The maximum absolute atomic E-state index is 5.88. The zero-order chi connectivity index (χ0) is 15.2. The number of methoxy groups -OCH3 is 1. The second-order valence-corrected chi connectivity index (χ2v) is 5.31. The van der Waals surface area contributed by atoms with Crippen molar-refractivity contribution < 1.29 is 4.74 Å². The Morgan fingerprint density at radius 1 is 1.29 bits per heavy atom. The minimum absolute atomic E-state index is 0.754. The Morgan fingerprint density at radius 2 is 2.10 bits per heavy atom. The predicted octanol–water partition coefficient (Wildman–Crippen LogP) is 2.12. The van der Waals surface area contributed by atoms with Gasteiger partial charge in [0, 0.05) is 49.2 Å². The molecule has 0 aliphatic carbocycles. The normalized spacial score (nSPS) is 11.2. The second kappa shape index (κ2) is 7.24. The molecule has 0 radical (unpaired) electrons. The summed E-state index contributed by atoms with van der Waals surface area (Å²) < 4.78 is 5.08. The molecule has 0 bridgehead atoms. The van der Waals surface area contributed by atoms with Gasteiger partial charge in [-0.1, -0.05) is 0 Å². The third-order valence-electron chi connectivity index (χ3n) is 3.45. The highest BCUT2D eigenvalue weighted by atomic mass is 16.5. The van der Waals surface area contributed by atoms with Gasteiger partial charge in [-0.15, -0.1) is 0 Å². The number of nitrogens with two attached hydrogens (primary N) is 1. The minimum atomic E-state index is 0.754. The third-order valence-corrected chi connectivity index (χ3v) is 3.45. The van der Waals surface area contributed by atoms with E-state index in [9.17, 15) is 0 Å². The van der Waals surface area contributed by atoms with Crippen LogP contribution in [0.4, 0.5) is 11.4 Å². The van der Waals surface area contributed by atoms with Crippen LogP contribution in [-0.4, -0.2) is 50.3 Å². The molecule has 3 N–H and O–H groups in total. The van der Waals surface area contributed by atoms with E-state index >= 15 is 0 Å². The van der Waals surface area contributed by atoms with Crippen molar-refractivity contribution in [2.45, 2.75) is 6.92 Å². The van der Waals surface area contributed by atoms with Crippen LogP contribution in [-0.2, 0) is 4.74 Å². The highest BCUT2D eigenvalue weighted by Crippen LogP contribution is 2.25. The van der Waals surface area contributed by atoms with Crippen LogP contribution in [0.15, 0.2) is 24.3 Å².